The Morgan fingerprint density at radius 2 is 2.12 bits per heavy atom. The first-order chi connectivity index (χ1) is 7.67. The Morgan fingerprint density at radius 1 is 1.38 bits per heavy atom. The van der Waals surface area contributed by atoms with Crippen molar-refractivity contribution >= 4 is 28.9 Å². The molecule has 2 N–H and O–H groups in total. The van der Waals surface area contributed by atoms with Crippen LogP contribution in [0, 0.1) is 0 Å². The molecule has 0 aliphatic heterocycles. The summed E-state index contributed by atoms with van der Waals surface area (Å²) in [5, 5.41) is 6.68. The van der Waals surface area contributed by atoms with Gasteiger partial charge in [0.05, 0.1) is 10.7 Å². The molecule has 88 valence electrons. The second kappa shape index (κ2) is 6.38. The van der Waals surface area contributed by atoms with E-state index in [0.717, 1.165) is 24.3 Å². The molecule has 0 fully saturated rings. The van der Waals surface area contributed by atoms with E-state index in [2.05, 4.69) is 17.6 Å². The molecule has 1 rings (SSSR count). The molecule has 1 amide bonds. The predicted octanol–water partition coefficient (Wildman–Crippen LogP) is 3.51. The lowest BCUT2D eigenvalue weighted by atomic mass is 10.2. The molecule has 4 heteroatoms. The highest BCUT2D eigenvalue weighted by Gasteiger charge is 2.03. The molecular weight excluding hydrogens is 224 g/mol. The molecule has 0 atom stereocenters. The summed E-state index contributed by atoms with van der Waals surface area (Å²) in [4.78, 5) is 11.2. The fourth-order valence-corrected chi connectivity index (χ4v) is 1.43. The zero-order valence-corrected chi connectivity index (χ0v) is 10.4. The topological polar surface area (TPSA) is 41.1 Å². The van der Waals surface area contributed by atoms with Crippen LogP contribution in [0.5, 0.6) is 0 Å². The average molecular weight is 241 g/mol. The van der Waals surface area contributed by atoms with Gasteiger partial charge in [-0.1, -0.05) is 25.4 Å². The fraction of sp³-hybridized carbons (Fsp3) is 0.417. The molecular formula is C12H17ClN2O. The molecule has 0 aromatic heterocycles. The van der Waals surface area contributed by atoms with E-state index in [1.165, 1.54) is 0 Å². The lowest BCUT2D eigenvalue weighted by molar-refractivity contribution is -0.115. The van der Waals surface area contributed by atoms with Crippen molar-refractivity contribution in [3.05, 3.63) is 23.2 Å². The van der Waals surface area contributed by atoms with Crippen molar-refractivity contribution in [1.29, 1.82) is 0 Å². The number of hydrogen-bond donors (Lipinski definition) is 2. The van der Waals surface area contributed by atoms with Gasteiger partial charge in [-0.3, -0.25) is 4.79 Å². The summed E-state index contributed by atoms with van der Waals surface area (Å²) in [7, 11) is 0. The first-order valence-electron chi connectivity index (χ1n) is 5.50. The number of nitrogens with one attached hydrogen (secondary N) is 2. The molecule has 0 bridgehead atoms. The summed E-state index contributed by atoms with van der Waals surface area (Å²) in [5.74, 6) is 0.00349. The maximum atomic E-state index is 11.2. The highest BCUT2D eigenvalue weighted by Crippen LogP contribution is 2.25. The normalized spacial score (nSPS) is 9.94. The third kappa shape index (κ3) is 3.74. The molecule has 0 spiro atoms. The van der Waals surface area contributed by atoms with Crippen LogP contribution < -0.4 is 10.6 Å². The minimum Gasteiger partial charge on any atom is -0.384 e. The van der Waals surface area contributed by atoms with Crippen LogP contribution in [0.15, 0.2) is 18.2 Å². The Balaban J connectivity index is 2.76. The smallest absolute Gasteiger partial charge is 0.224 e. The molecule has 0 aliphatic carbocycles. The first-order valence-corrected chi connectivity index (χ1v) is 5.88. The zero-order chi connectivity index (χ0) is 12.0. The first kappa shape index (κ1) is 12.8. The van der Waals surface area contributed by atoms with Crippen LogP contribution in [0.25, 0.3) is 0 Å². The minimum atomic E-state index is 0.00349. The molecule has 3 nitrogen and oxygen atoms in total. The van der Waals surface area contributed by atoms with Crippen molar-refractivity contribution in [1.82, 2.24) is 0 Å². The summed E-state index contributed by atoms with van der Waals surface area (Å²) in [6, 6.07) is 5.43. The minimum absolute atomic E-state index is 0.00349. The Labute approximate surface area is 101 Å². The van der Waals surface area contributed by atoms with Gasteiger partial charge in [0.2, 0.25) is 5.91 Å². The number of rotatable bonds is 5. The Morgan fingerprint density at radius 3 is 2.75 bits per heavy atom. The van der Waals surface area contributed by atoms with Crippen molar-refractivity contribution in [2.24, 2.45) is 0 Å². The maximum Gasteiger partial charge on any atom is 0.224 e. The second-order valence-electron chi connectivity index (χ2n) is 3.52. The van der Waals surface area contributed by atoms with Gasteiger partial charge < -0.3 is 10.6 Å². The van der Waals surface area contributed by atoms with Gasteiger partial charge in [0.25, 0.3) is 0 Å². The van der Waals surface area contributed by atoms with Gasteiger partial charge in [0.1, 0.15) is 0 Å². The van der Waals surface area contributed by atoms with Gasteiger partial charge in [-0.2, -0.15) is 0 Å². The summed E-state index contributed by atoms with van der Waals surface area (Å²) >= 11 is 6.03. The van der Waals surface area contributed by atoms with Crippen LogP contribution in [-0.4, -0.2) is 12.5 Å². The van der Waals surface area contributed by atoms with E-state index >= 15 is 0 Å². The molecule has 0 saturated carbocycles. The molecule has 0 radical (unpaired) electrons. The van der Waals surface area contributed by atoms with Crippen LogP contribution in [0.4, 0.5) is 11.4 Å². The van der Waals surface area contributed by atoms with Crippen molar-refractivity contribution in [2.45, 2.75) is 26.7 Å². The lowest BCUT2D eigenvalue weighted by Gasteiger charge is -2.10. The van der Waals surface area contributed by atoms with E-state index in [4.69, 9.17) is 11.6 Å². The van der Waals surface area contributed by atoms with E-state index in [1.807, 2.05) is 13.0 Å². The van der Waals surface area contributed by atoms with E-state index in [0.29, 0.717) is 11.4 Å². The Bertz CT molecular complexity index is 366. The molecule has 0 unspecified atom stereocenters. The standard InChI is InChI=1S/C12H17ClN2O/c1-3-7-14-11-8-9(5-6-10(11)13)15-12(16)4-2/h5-6,8,14H,3-4,7H2,1-2H3,(H,15,16). The van der Waals surface area contributed by atoms with Crippen LogP contribution in [0.1, 0.15) is 26.7 Å². The van der Waals surface area contributed by atoms with Crippen LogP contribution >= 0.6 is 11.6 Å². The van der Waals surface area contributed by atoms with Gasteiger partial charge in [-0.05, 0) is 24.6 Å². The molecule has 1 aromatic rings. The highest BCUT2D eigenvalue weighted by atomic mass is 35.5. The Hall–Kier alpha value is -1.22. The number of benzene rings is 1. The quantitative estimate of drug-likeness (QED) is 0.827. The molecule has 1 aromatic carbocycles. The van der Waals surface area contributed by atoms with Crippen molar-refractivity contribution < 1.29 is 4.79 Å². The third-order valence-electron chi connectivity index (χ3n) is 2.14. The number of carbonyl (C=O) groups excluding carboxylic acids is 1. The van der Waals surface area contributed by atoms with Gasteiger partial charge in [0, 0.05) is 18.7 Å². The van der Waals surface area contributed by atoms with Gasteiger partial charge in [0.15, 0.2) is 0 Å². The van der Waals surface area contributed by atoms with Gasteiger partial charge in [-0.15, -0.1) is 0 Å². The van der Waals surface area contributed by atoms with Crippen molar-refractivity contribution in [3.8, 4) is 0 Å². The number of halogens is 1. The van der Waals surface area contributed by atoms with E-state index in [1.54, 1.807) is 12.1 Å². The maximum absolute atomic E-state index is 11.2. The monoisotopic (exact) mass is 240 g/mol. The molecule has 16 heavy (non-hydrogen) atoms. The van der Waals surface area contributed by atoms with E-state index in [9.17, 15) is 4.79 Å². The fourth-order valence-electron chi connectivity index (χ4n) is 1.25. The Kier molecular flexibility index (Phi) is 5.12. The summed E-state index contributed by atoms with van der Waals surface area (Å²) in [6.45, 7) is 4.77. The van der Waals surface area contributed by atoms with Crippen molar-refractivity contribution in [2.75, 3.05) is 17.2 Å². The van der Waals surface area contributed by atoms with Crippen LogP contribution in [0.2, 0.25) is 5.02 Å². The van der Waals surface area contributed by atoms with Gasteiger partial charge in [-0.25, -0.2) is 0 Å². The number of anilines is 2. The van der Waals surface area contributed by atoms with Crippen LogP contribution in [0.3, 0.4) is 0 Å². The second-order valence-corrected chi connectivity index (χ2v) is 3.93. The summed E-state index contributed by atoms with van der Waals surface area (Å²) < 4.78 is 0. The predicted molar refractivity (Wildman–Crippen MR) is 69.2 cm³/mol. The molecule has 0 aliphatic rings. The number of amides is 1. The molecule has 0 saturated heterocycles. The third-order valence-corrected chi connectivity index (χ3v) is 2.47. The van der Waals surface area contributed by atoms with Crippen LogP contribution in [-0.2, 0) is 4.79 Å². The molecule has 0 heterocycles. The largest absolute Gasteiger partial charge is 0.384 e. The highest BCUT2D eigenvalue weighted by molar-refractivity contribution is 6.33. The SMILES string of the molecule is CCCNc1cc(NC(=O)CC)ccc1Cl. The zero-order valence-electron chi connectivity index (χ0n) is 9.64. The average Bonchev–Trinajstić information content (AvgIpc) is 2.29. The lowest BCUT2D eigenvalue weighted by Crippen LogP contribution is -2.10. The summed E-state index contributed by atoms with van der Waals surface area (Å²) in [6.07, 6.45) is 1.50. The van der Waals surface area contributed by atoms with E-state index < -0.39 is 0 Å². The van der Waals surface area contributed by atoms with Gasteiger partial charge >= 0.3 is 0 Å². The summed E-state index contributed by atoms with van der Waals surface area (Å²) in [5.41, 5.74) is 1.63. The number of carbonyl (C=O) groups is 1. The van der Waals surface area contributed by atoms with E-state index in [-0.39, 0.29) is 5.91 Å². The van der Waals surface area contributed by atoms with Crippen molar-refractivity contribution in [3.63, 3.8) is 0 Å². The number of hydrogen-bond acceptors (Lipinski definition) is 2.